The van der Waals surface area contributed by atoms with Crippen molar-refractivity contribution in [1.82, 2.24) is 10.2 Å². The minimum atomic E-state index is 0.0262. The van der Waals surface area contributed by atoms with E-state index in [0.29, 0.717) is 10.0 Å². The van der Waals surface area contributed by atoms with Gasteiger partial charge >= 0.3 is 0 Å². The van der Waals surface area contributed by atoms with Gasteiger partial charge in [0.1, 0.15) is 0 Å². The SMILES string of the molecule is Cc1ccc(C)c([C@@H](C)NC(=O)C2CCN(Cc3ccc(Cl)cc3Cl)CC2)c1. The van der Waals surface area contributed by atoms with Crippen molar-refractivity contribution >= 4 is 29.1 Å². The van der Waals surface area contributed by atoms with Crippen LogP contribution in [0.3, 0.4) is 0 Å². The number of carbonyl (C=O) groups excluding carboxylic acids is 1. The minimum Gasteiger partial charge on any atom is -0.349 e. The lowest BCUT2D eigenvalue weighted by Crippen LogP contribution is -2.41. The molecule has 1 fully saturated rings. The Balaban J connectivity index is 1.52. The maximum atomic E-state index is 12.8. The van der Waals surface area contributed by atoms with Crippen molar-refractivity contribution in [3.05, 3.63) is 68.7 Å². The minimum absolute atomic E-state index is 0.0262. The lowest BCUT2D eigenvalue weighted by Gasteiger charge is -2.32. The molecule has 3 rings (SSSR count). The molecule has 1 aliphatic rings. The molecule has 0 radical (unpaired) electrons. The first-order valence-electron chi connectivity index (χ1n) is 9.87. The van der Waals surface area contributed by atoms with Crippen LogP contribution in [0.1, 0.15) is 48.1 Å². The van der Waals surface area contributed by atoms with Crippen molar-refractivity contribution in [3.8, 4) is 0 Å². The molecule has 1 saturated heterocycles. The third kappa shape index (κ3) is 5.28. The Kier molecular flexibility index (Phi) is 7.03. The molecule has 2 aromatic rings. The van der Waals surface area contributed by atoms with Gasteiger partial charge in [0.15, 0.2) is 0 Å². The van der Waals surface area contributed by atoms with Gasteiger partial charge in [0, 0.05) is 22.5 Å². The number of nitrogens with one attached hydrogen (secondary N) is 1. The number of hydrogen-bond acceptors (Lipinski definition) is 2. The zero-order chi connectivity index (χ0) is 20.3. The van der Waals surface area contributed by atoms with Crippen LogP contribution in [0.4, 0.5) is 0 Å². The van der Waals surface area contributed by atoms with E-state index < -0.39 is 0 Å². The highest BCUT2D eigenvalue weighted by Gasteiger charge is 2.26. The number of amides is 1. The molecule has 0 bridgehead atoms. The Labute approximate surface area is 178 Å². The maximum Gasteiger partial charge on any atom is 0.223 e. The van der Waals surface area contributed by atoms with Gasteiger partial charge in [0.05, 0.1) is 6.04 Å². The summed E-state index contributed by atoms with van der Waals surface area (Å²) in [5, 5.41) is 4.58. The molecule has 5 heteroatoms. The zero-order valence-corrected chi connectivity index (χ0v) is 18.3. The van der Waals surface area contributed by atoms with Gasteiger partial charge in [0.25, 0.3) is 0 Å². The predicted octanol–water partition coefficient (Wildman–Crippen LogP) is 5.70. The van der Waals surface area contributed by atoms with E-state index in [-0.39, 0.29) is 17.9 Å². The van der Waals surface area contributed by atoms with Gasteiger partial charge in [-0.15, -0.1) is 0 Å². The molecule has 1 amide bonds. The Morgan fingerprint density at radius 3 is 2.54 bits per heavy atom. The molecule has 150 valence electrons. The summed E-state index contributed by atoms with van der Waals surface area (Å²) < 4.78 is 0. The van der Waals surface area contributed by atoms with Gasteiger partial charge in [-0.05, 0) is 75.5 Å². The van der Waals surface area contributed by atoms with Gasteiger partial charge in [-0.3, -0.25) is 9.69 Å². The van der Waals surface area contributed by atoms with Crippen LogP contribution in [-0.2, 0) is 11.3 Å². The summed E-state index contributed by atoms with van der Waals surface area (Å²) >= 11 is 12.3. The van der Waals surface area contributed by atoms with Crippen LogP contribution in [0.15, 0.2) is 36.4 Å². The molecule has 0 spiro atoms. The van der Waals surface area contributed by atoms with Crippen LogP contribution in [0.2, 0.25) is 10.0 Å². The van der Waals surface area contributed by atoms with E-state index in [2.05, 4.69) is 49.2 Å². The van der Waals surface area contributed by atoms with E-state index in [1.54, 1.807) is 6.07 Å². The zero-order valence-electron chi connectivity index (χ0n) is 16.8. The van der Waals surface area contributed by atoms with Crippen molar-refractivity contribution in [2.45, 2.75) is 46.2 Å². The largest absolute Gasteiger partial charge is 0.349 e. The molecule has 0 unspecified atom stereocenters. The number of hydrogen-bond donors (Lipinski definition) is 1. The van der Waals surface area contributed by atoms with Crippen LogP contribution in [-0.4, -0.2) is 23.9 Å². The molecule has 0 saturated carbocycles. The lowest BCUT2D eigenvalue weighted by molar-refractivity contribution is -0.127. The van der Waals surface area contributed by atoms with Gasteiger partial charge in [-0.2, -0.15) is 0 Å². The van der Waals surface area contributed by atoms with Crippen LogP contribution in [0.25, 0.3) is 0 Å². The monoisotopic (exact) mass is 418 g/mol. The summed E-state index contributed by atoms with van der Waals surface area (Å²) in [6, 6.07) is 12.1. The average molecular weight is 419 g/mol. The Morgan fingerprint density at radius 1 is 1.14 bits per heavy atom. The number of likely N-dealkylation sites (tertiary alicyclic amines) is 1. The van der Waals surface area contributed by atoms with Crippen molar-refractivity contribution in [3.63, 3.8) is 0 Å². The molecule has 3 nitrogen and oxygen atoms in total. The number of carbonyl (C=O) groups is 1. The quantitative estimate of drug-likeness (QED) is 0.674. The molecule has 28 heavy (non-hydrogen) atoms. The van der Waals surface area contributed by atoms with Crippen molar-refractivity contribution in [2.24, 2.45) is 5.92 Å². The number of benzene rings is 2. The van der Waals surface area contributed by atoms with E-state index in [4.69, 9.17) is 23.2 Å². The van der Waals surface area contributed by atoms with Crippen molar-refractivity contribution in [2.75, 3.05) is 13.1 Å². The molecular weight excluding hydrogens is 391 g/mol. The Hall–Kier alpha value is -1.55. The first kappa shape index (κ1) is 21.2. The van der Waals surface area contributed by atoms with E-state index in [1.165, 1.54) is 16.7 Å². The molecule has 1 aliphatic heterocycles. The third-order valence-corrected chi connectivity index (χ3v) is 6.21. The van der Waals surface area contributed by atoms with E-state index in [0.717, 1.165) is 38.0 Å². The van der Waals surface area contributed by atoms with E-state index >= 15 is 0 Å². The lowest BCUT2D eigenvalue weighted by atomic mass is 9.94. The first-order chi connectivity index (χ1) is 13.3. The van der Waals surface area contributed by atoms with Gasteiger partial charge in [-0.25, -0.2) is 0 Å². The molecule has 0 aromatic heterocycles. The molecule has 1 N–H and O–H groups in total. The first-order valence-corrected chi connectivity index (χ1v) is 10.6. The number of piperidine rings is 1. The maximum absolute atomic E-state index is 12.8. The second-order valence-corrected chi connectivity index (χ2v) is 8.72. The van der Waals surface area contributed by atoms with Gasteiger partial charge in [0.2, 0.25) is 5.91 Å². The van der Waals surface area contributed by atoms with E-state index in [9.17, 15) is 4.79 Å². The molecule has 2 aromatic carbocycles. The highest BCUT2D eigenvalue weighted by atomic mass is 35.5. The highest BCUT2D eigenvalue weighted by Crippen LogP contribution is 2.26. The fourth-order valence-corrected chi connectivity index (χ4v) is 4.35. The predicted molar refractivity (Wildman–Crippen MR) is 117 cm³/mol. The summed E-state index contributed by atoms with van der Waals surface area (Å²) in [5.74, 6) is 0.238. The van der Waals surface area contributed by atoms with Gasteiger partial charge in [-0.1, -0.05) is 53.0 Å². The number of nitrogens with zero attached hydrogens (tertiary/aromatic N) is 1. The standard InChI is InChI=1S/C23H28Cl2N2O/c1-15-4-5-16(2)21(12-15)17(3)26-23(28)18-8-10-27(11-9-18)14-19-6-7-20(24)13-22(19)25/h4-7,12-13,17-18H,8-11,14H2,1-3H3,(H,26,28)/t17-/m1/s1. The van der Waals surface area contributed by atoms with Crippen LogP contribution in [0, 0.1) is 19.8 Å². The Bertz CT molecular complexity index is 844. The molecule has 0 aliphatic carbocycles. The van der Waals surface area contributed by atoms with Crippen LogP contribution in [0.5, 0.6) is 0 Å². The summed E-state index contributed by atoms with van der Waals surface area (Å²) in [7, 11) is 0. The molecule has 1 heterocycles. The number of aryl methyl sites for hydroxylation is 2. The third-order valence-electron chi connectivity index (χ3n) is 5.63. The van der Waals surface area contributed by atoms with Crippen LogP contribution >= 0.6 is 23.2 Å². The molecule has 1 atom stereocenters. The fraction of sp³-hybridized carbons (Fsp3) is 0.435. The highest BCUT2D eigenvalue weighted by molar-refractivity contribution is 6.35. The summed E-state index contributed by atoms with van der Waals surface area (Å²) in [6.07, 6.45) is 1.74. The second kappa shape index (κ2) is 9.30. The topological polar surface area (TPSA) is 32.3 Å². The number of halogens is 2. The van der Waals surface area contributed by atoms with Crippen molar-refractivity contribution < 1.29 is 4.79 Å². The van der Waals surface area contributed by atoms with Gasteiger partial charge < -0.3 is 5.32 Å². The average Bonchev–Trinajstić information content (AvgIpc) is 2.66. The normalized spacial score (nSPS) is 16.8. The van der Waals surface area contributed by atoms with Crippen molar-refractivity contribution in [1.29, 1.82) is 0 Å². The Morgan fingerprint density at radius 2 is 1.86 bits per heavy atom. The van der Waals surface area contributed by atoms with E-state index in [1.807, 2.05) is 12.1 Å². The second-order valence-electron chi connectivity index (χ2n) is 7.88. The summed E-state index contributed by atoms with van der Waals surface area (Å²) in [5.41, 5.74) is 4.71. The fourth-order valence-electron chi connectivity index (χ4n) is 3.88. The smallest absolute Gasteiger partial charge is 0.223 e. The summed E-state index contributed by atoms with van der Waals surface area (Å²) in [6.45, 7) is 8.84. The number of rotatable bonds is 5. The molecular formula is C23H28Cl2N2O. The summed E-state index contributed by atoms with van der Waals surface area (Å²) in [4.78, 5) is 15.1. The van der Waals surface area contributed by atoms with Crippen LogP contribution < -0.4 is 5.32 Å².